The number of hydrogen-bond donors (Lipinski definition) is 2. The van der Waals surface area contributed by atoms with E-state index in [1.165, 1.54) is 13.0 Å². The molecular weight excluding hydrogens is 342 g/mol. The molecule has 6 heteroatoms. The number of rotatable bonds is 2. The Hall–Kier alpha value is -1.95. The van der Waals surface area contributed by atoms with Crippen LogP contribution < -0.4 is 11.1 Å². The second kappa shape index (κ2) is 5.81. The monoisotopic (exact) mass is 354 g/mol. The van der Waals surface area contributed by atoms with Crippen molar-refractivity contribution in [2.45, 2.75) is 13.8 Å². The minimum Gasteiger partial charge on any atom is -0.397 e. The summed E-state index contributed by atoms with van der Waals surface area (Å²) in [5.41, 5.74) is 7.31. The zero-order valence-electron chi connectivity index (χ0n) is 11.4. The van der Waals surface area contributed by atoms with Crippen molar-refractivity contribution in [1.29, 1.82) is 0 Å². The molecule has 0 aliphatic heterocycles. The van der Waals surface area contributed by atoms with Gasteiger partial charge in [0, 0.05) is 10.5 Å². The number of amides is 1. The van der Waals surface area contributed by atoms with E-state index in [1.807, 2.05) is 0 Å². The molecule has 0 saturated carbocycles. The number of anilines is 2. The maximum atomic E-state index is 13.7. The van der Waals surface area contributed by atoms with E-state index in [9.17, 15) is 13.6 Å². The summed E-state index contributed by atoms with van der Waals surface area (Å²) in [5.74, 6) is -2.28. The van der Waals surface area contributed by atoms with Gasteiger partial charge in [0.1, 0.15) is 11.6 Å². The number of nitrogen functional groups attached to an aromatic ring is 1. The normalized spacial score (nSPS) is 10.5. The van der Waals surface area contributed by atoms with E-state index >= 15 is 0 Å². The van der Waals surface area contributed by atoms with Crippen LogP contribution in [0, 0.1) is 25.5 Å². The second-order valence-corrected chi connectivity index (χ2v) is 5.64. The molecule has 0 saturated heterocycles. The molecule has 0 spiro atoms. The van der Waals surface area contributed by atoms with Gasteiger partial charge in [-0.25, -0.2) is 8.78 Å². The molecule has 2 rings (SSSR count). The molecule has 0 unspecified atom stereocenters. The maximum absolute atomic E-state index is 13.7. The van der Waals surface area contributed by atoms with Crippen LogP contribution in [0.4, 0.5) is 20.2 Å². The lowest BCUT2D eigenvalue weighted by Crippen LogP contribution is -2.16. The van der Waals surface area contributed by atoms with Crippen molar-refractivity contribution in [2.75, 3.05) is 11.1 Å². The average molecular weight is 355 g/mol. The van der Waals surface area contributed by atoms with Crippen LogP contribution in [0.5, 0.6) is 0 Å². The molecule has 3 nitrogen and oxygen atoms in total. The van der Waals surface area contributed by atoms with E-state index in [0.717, 1.165) is 10.0 Å². The summed E-state index contributed by atoms with van der Waals surface area (Å²) in [6, 6.07) is 5.28. The van der Waals surface area contributed by atoms with E-state index in [-0.39, 0.29) is 11.1 Å². The predicted octanol–water partition coefficient (Wildman–Crippen LogP) is 4.18. The number of aryl methyl sites for hydroxylation is 2. The Morgan fingerprint density at radius 1 is 1.10 bits per heavy atom. The minimum absolute atomic E-state index is 0.196. The third kappa shape index (κ3) is 3.21. The Morgan fingerprint density at radius 3 is 2.38 bits per heavy atom. The first-order valence-corrected chi connectivity index (χ1v) is 6.91. The molecule has 0 atom stereocenters. The molecule has 0 radical (unpaired) electrons. The van der Waals surface area contributed by atoms with Crippen molar-refractivity contribution < 1.29 is 13.6 Å². The Kier molecular flexibility index (Phi) is 4.27. The van der Waals surface area contributed by atoms with Gasteiger partial charge in [0.05, 0.1) is 16.9 Å². The van der Waals surface area contributed by atoms with Crippen molar-refractivity contribution in [2.24, 2.45) is 0 Å². The van der Waals surface area contributed by atoms with Gasteiger partial charge >= 0.3 is 0 Å². The molecule has 0 fully saturated rings. The Labute approximate surface area is 129 Å². The van der Waals surface area contributed by atoms with Crippen LogP contribution in [0.15, 0.2) is 28.7 Å². The van der Waals surface area contributed by atoms with Crippen LogP contribution >= 0.6 is 15.9 Å². The summed E-state index contributed by atoms with van der Waals surface area (Å²) in [4.78, 5) is 12.1. The third-order valence-electron chi connectivity index (χ3n) is 3.06. The quantitative estimate of drug-likeness (QED) is 0.794. The summed E-state index contributed by atoms with van der Waals surface area (Å²) < 4.78 is 27.7. The van der Waals surface area contributed by atoms with Crippen LogP contribution in [0.3, 0.4) is 0 Å². The zero-order valence-corrected chi connectivity index (χ0v) is 13.0. The van der Waals surface area contributed by atoms with Crippen LogP contribution in [0.1, 0.15) is 21.5 Å². The van der Waals surface area contributed by atoms with Crippen molar-refractivity contribution in [3.05, 3.63) is 57.1 Å². The van der Waals surface area contributed by atoms with E-state index in [1.54, 1.807) is 19.1 Å². The fourth-order valence-electron chi connectivity index (χ4n) is 1.95. The third-order valence-corrected chi connectivity index (χ3v) is 3.52. The number of carbonyl (C=O) groups excluding carboxylic acids is 1. The minimum atomic E-state index is -0.913. The van der Waals surface area contributed by atoms with Crippen molar-refractivity contribution >= 4 is 33.2 Å². The van der Waals surface area contributed by atoms with Crippen molar-refractivity contribution in [3.8, 4) is 0 Å². The van der Waals surface area contributed by atoms with Gasteiger partial charge in [-0.15, -0.1) is 0 Å². The highest BCUT2D eigenvalue weighted by molar-refractivity contribution is 9.10. The highest BCUT2D eigenvalue weighted by Crippen LogP contribution is 2.28. The topological polar surface area (TPSA) is 55.1 Å². The molecule has 0 aromatic heterocycles. The smallest absolute Gasteiger partial charge is 0.258 e. The Morgan fingerprint density at radius 2 is 1.76 bits per heavy atom. The molecule has 0 bridgehead atoms. The summed E-state index contributed by atoms with van der Waals surface area (Å²) in [6.07, 6.45) is 0. The number of nitrogens with one attached hydrogen (secondary N) is 1. The molecule has 0 aliphatic rings. The average Bonchev–Trinajstić information content (AvgIpc) is 2.37. The van der Waals surface area contributed by atoms with Gasteiger partial charge in [0.15, 0.2) is 0 Å². The standard InChI is InChI=1S/C15H13BrF2N2O/c1-7-4-10(12(18)6-11(7)17)15(21)20-14-8(2)3-9(16)5-13(14)19/h3-6H,19H2,1-2H3,(H,20,21). The van der Waals surface area contributed by atoms with Crippen LogP contribution in [0.2, 0.25) is 0 Å². The van der Waals surface area contributed by atoms with E-state index < -0.39 is 17.5 Å². The van der Waals surface area contributed by atoms with Crippen LogP contribution in [-0.2, 0) is 0 Å². The number of halogens is 3. The van der Waals surface area contributed by atoms with Crippen molar-refractivity contribution in [1.82, 2.24) is 0 Å². The Balaban J connectivity index is 2.37. The van der Waals surface area contributed by atoms with Crippen LogP contribution in [-0.4, -0.2) is 5.91 Å². The summed E-state index contributed by atoms with van der Waals surface area (Å²) >= 11 is 3.29. The lowest BCUT2D eigenvalue weighted by atomic mass is 10.1. The molecule has 3 N–H and O–H groups in total. The molecule has 1 amide bonds. The molecule has 2 aromatic carbocycles. The molecule has 21 heavy (non-hydrogen) atoms. The largest absolute Gasteiger partial charge is 0.397 e. The molecule has 110 valence electrons. The number of hydrogen-bond acceptors (Lipinski definition) is 2. The van der Waals surface area contributed by atoms with Gasteiger partial charge in [-0.1, -0.05) is 15.9 Å². The van der Waals surface area contributed by atoms with E-state index in [0.29, 0.717) is 17.4 Å². The van der Waals surface area contributed by atoms with Crippen molar-refractivity contribution in [3.63, 3.8) is 0 Å². The molecular formula is C15H13BrF2N2O. The lowest BCUT2D eigenvalue weighted by molar-refractivity contribution is 0.102. The van der Waals surface area contributed by atoms with Crippen LogP contribution in [0.25, 0.3) is 0 Å². The molecule has 2 aromatic rings. The number of carbonyl (C=O) groups is 1. The fraction of sp³-hybridized carbons (Fsp3) is 0.133. The molecule has 0 heterocycles. The number of benzene rings is 2. The predicted molar refractivity (Wildman–Crippen MR) is 82.3 cm³/mol. The highest BCUT2D eigenvalue weighted by Gasteiger charge is 2.16. The van der Waals surface area contributed by atoms with Gasteiger partial charge < -0.3 is 11.1 Å². The fourth-order valence-corrected chi connectivity index (χ4v) is 2.54. The van der Waals surface area contributed by atoms with Gasteiger partial charge in [-0.2, -0.15) is 0 Å². The lowest BCUT2D eigenvalue weighted by Gasteiger charge is -2.13. The highest BCUT2D eigenvalue weighted by atomic mass is 79.9. The Bertz CT molecular complexity index is 709. The van der Waals surface area contributed by atoms with Gasteiger partial charge in [0.2, 0.25) is 0 Å². The van der Waals surface area contributed by atoms with E-state index in [2.05, 4.69) is 21.2 Å². The first-order valence-electron chi connectivity index (χ1n) is 6.12. The first kappa shape index (κ1) is 15.4. The van der Waals surface area contributed by atoms with E-state index in [4.69, 9.17) is 5.73 Å². The first-order chi connectivity index (χ1) is 9.79. The summed E-state index contributed by atoms with van der Waals surface area (Å²) in [7, 11) is 0. The van der Waals surface area contributed by atoms with Gasteiger partial charge in [-0.3, -0.25) is 4.79 Å². The molecule has 0 aliphatic carbocycles. The zero-order chi connectivity index (χ0) is 15.7. The summed E-state index contributed by atoms with van der Waals surface area (Å²) in [5, 5.41) is 2.56. The second-order valence-electron chi connectivity index (χ2n) is 4.72. The SMILES string of the molecule is Cc1cc(C(=O)Nc2c(C)cc(Br)cc2N)c(F)cc1F. The summed E-state index contributed by atoms with van der Waals surface area (Å²) in [6.45, 7) is 3.23. The van der Waals surface area contributed by atoms with Gasteiger partial charge in [0.25, 0.3) is 5.91 Å². The maximum Gasteiger partial charge on any atom is 0.258 e. The van der Waals surface area contributed by atoms with Gasteiger partial charge in [-0.05, 0) is 43.2 Å². The number of nitrogens with two attached hydrogens (primary N) is 1.